The van der Waals surface area contributed by atoms with Crippen LogP contribution in [0.2, 0.25) is 0 Å². The summed E-state index contributed by atoms with van der Waals surface area (Å²) < 4.78 is 2.03. The van der Waals surface area contributed by atoms with Gasteiger partial charge in [0, 0.05) is 20.0 Å². The van der Waals surface area contributed by atoms with Crippen LogP contribution in [0.25, 0.3) is 0 Å². The van der Waals surface area contributed by atoms with Crippen molar-refractivity contribution in [3.63, 3.8) is 0 Å². The largest absolute Gasteiger partial charge is 0.312 e. The SMILES string of the molecule is CC(=O)Nc1cnc2n1CCNC2. The van der Waals surface area contributed by atoms with Crippen molar-refractivity contribution in [1.29, 1.82) is 0 Å². The highest BCUT2D eigenvalue weighted by atomic mass is 16.1. The Balaban J connectivity index is 2.26. The van der Waals surface area contributed by atoms with E-state index in [1.54, 1.807) is 6.20 Å². The fraction of sp³-hybridized carbons (Fsp3) is 0.500. The van der Waals surface area contributed by atoms with Crippen molar-refractivity contribution >= 4 is 11.7 Å². The fourth-order valence-electron chi connectivity index (χ4n) is 1.48. The number of fused-ring (bicyclic) bond motifs is 1. The van der Waals surface area contributed by atoms with Gasteiger partial charge in [-0.25, -0.2) is 4.98 Å². The van der Waals surface area contributed by atoms with Crippen molar-refractivity contribution in [3.05, 3.63) is 12.0 Å². The van der Waals surface area contributed by atoms with Crippen LogP contribution in [0, 0.1) is 0 Å². The molecular weight excluding hydrogens is 168 g/mol. The van der Waals surface area contributed by atoms with Gasteiger partial charge < -0.3 is 15.2 Å². The molecule has 0 saturated carbocycles. The minimum atomic E-state index is -0.0544. The number of carbonyl (C=O) groups excluding carboxylic acids is 1. The Labute approximate surface area is 76.2 Å². The van der Waals surface area contributed by atoms with Crippen LogP contribution in [-0.4, -0.2) is 22.0 Å². The topological polar surface area (TPSA) is 59.0 Å². The first-order valence-corrected chi connectivity index (χ1v) is 4.30. The number of amides is 1. The molecule has 5 nitrogen and oxygen atoms in total. The summed E-state index contributed by atoms with van der Waals surface area (Å²) in [6, 6.07) is 0. The average molecular weight is 180 g/mol. The molecule has 0 fully saturated rings. The Kier molecular flexibility index (Phi) is 2.02. The molecule has 2 heterocycles. The summed E-state index contributed by atoms with van der Waals surface area (Å²) in [7, 11) is 0. The number of carbonyl (C=O) groups is 1. The number of anilines is 1. The zero-order valence-corrected chi connectivity index (χ0v) is 7.50. The molecule has 0 radical (unpaired) electrons. The van der Waals surface area contributed by atoms with Crippen LogP contribution in [-0.2, 0) is 17.9 Å². The van der Waals surface area contributed by atoms with Crippen LogP contribution >= 0.6 is 0 Å². The van der Waals surface area contributed by atoms with E-state index in [1.807, 2.05) is 4.57 Å². The monoisotopic (exact) mass is 180 g/mol. The van der Waals surface area contributed by atoms with Crippen LogP contribution in [0.1, 0.15) is 12.7 Å². The highest BCUT2D eigenvalue weighted by Gasteiger charge is 2.13. The first-order valence-electron chi connectivity index (χ1n) is 4.30. The fourth-order valence-corrected chi connectivity index (χ4v) is 1.48. The lowest BCUT2D eigenvalue weighted by Crippen LogP contribution is -2.29. The maximum absolute atomic E-state index is 10.8. The zero-order valence-electron chi connectivity index (χ0n) is 7.50. The first kappa shape index (κ1) is 8.25. The highest BCUT2D eigenvalue weighted by molar-refractivity contribution is 5.87. The molecule has 2 rings (SSSR count). The molecule has 0 unspecified atom stereocenters. The standard InChI is InChI=1S/C8H12N4O/c1-6(13)11-8-5-10-7-4-9-2-3-12(7)8/h5,9H,2-4H2,1H3,(H,11,13). The van der Waals surface area contributed by atoms with Gasteiger partial charge in [0.1, 0.15) is 11.6 Å². The van der Waals surface area contributed by atoms with Crippen LogP contribution in [0.4, 0.5) is 5.82 Å². The quantitative estimate of drug-likeness (QED) is 0.636. The molecule has 1 aliphatic rings. The second-order valence-electron chi connectivity index (χ2n) is 3.07. The third-order valence-electron chi connectivity index (χ3n) is 2.04. The zero-order chi connectivity index (χ0) is 9.26. The molecule has 0 spiro atoms. The third kappa shape index (κ3) is 1.55. The number of hydrogen-bond donors (Lipinski definition) is 2. The molecule has 0 bridgehead atoms. The Morgan fingerprint density at radius 1 is 1.77 bits per heavy atom. The summed E-state index contributed by atoms with van der Waals surface area (Å²) >= 11 is 0. The highest BCUT2D eigenvalue weighted by Crippen LogP contribution is 2.13. The Morgan fingerprint density at radius 3 is 3.38 bits per heavy atom. The number of hydrogen-bond acceptors (Lipinski definition) is 3. The molecule has 1 aliphatic heterocycles. The average Bonchev–Trinajstić information content (AvgIpc) is 2.48. The van der Waals surface area contributed by atoms with E-state index in [0.717, 1.165) is 31.3 Å². The lowest BCUT2D eigenvalue weighted by Gasteiger charge is -2.17. The van der Waals surface area contributed by atoms with E-state index in [0.29, 0.717) is 0 Å². The van der Waals surface area contributed by atoms with Gasteiger partial charge in [-0.1, -0.05) is 0 Å². The van der Waals surface area contributed by atoms with E-state index in [1.165, 1.54) is 6.92 Å². The Hall–Kier alpha value is -1.36. The summed E-state index contributed by atoms with van der Waals surface area (Å²) in [4.78, 5) is 15.0. The van der Waals surface area contributed by atoms with Crippen LogP contribution in [0.3, 0.4) is 0 Å². The van der Waals surface area contributed by atoms with Crippen molar-refractivity contribution in [2.24, 2.45) is 0 Å². The van der Waals surface area contributed by atoms with Gasteiger partial charge in [-0.2, -0.15) is 0 Å². The summed E-state index contributed by atoms with van der Waals surface area (Å²) in [6.07, 6.45) is 1.70. The lowest BCUT2D eigenvalue weighted by molar-refractivity contribution is -0.114. The van der Waals surface area contributed by atoms with E-state index in [2.05, 4.69) is 15.6 Å². The summed E-state index contributed by atoms with van der Waals surface area (Å²) in [5.41, 5.74) is 0. The van der Waals surface area contributed by atoms with Crippen molar-refractivity contribution in [2.75, 3.05) is 11.9 Å². The van der Waals surface area contributed by atoms with Gasteiger partial charge in [0.15, 0.2) is 0 Å². The summed E-state index contributed by atoms with van der Waals surface area (Å²) in [5.74, 6) is 1.72. The predicted molar refractivity (Wildman–Crippen MR) is 48.2 cm³/mol. The second-order valence-corrected chi connectivity index (χ2v) is 3.07. The number of nitrogens with zero attached hydrogens (tertiary/aromatic N) is 2. The van der Waals surface area contributed by atoms with Gasteiger partial charge in [0.05, 0.1) is 12.7 Å². The van der Waals surface area contributed by atoms with Gasteiger partial charge in [0.25, 0.3) is 0 Å². The van der Waals surface area contributed by atoms with Gasteiger partial charge in [-0.05, 0) is 0 Å². The molecule has 1 aromatic rings. The van der Waals surface area contributed by atoms with Gasteiger partial charge in [-0.15, -0.1) is 0 Å². The van der Waals surface area contributed by atoms with E-state index < -0.39 is 0 Å². The number of aromatic nitrogens is 2. The molecule has 0 aromatic carbocycles. The maximum Gasteiger partial charge on any atom is 0.222 e. The number of nitrogens with one attached hydrogen (secondary N) is 2. The molecule has 0 aliphatic carbocycles. The van der Waals surface area contributed by atoms with E-state index >= 15 is 0 Å². The van der Waals surface area contributed by atoms with Crippen LogP contribution < -0.4 is 10.6 Å². The maximum atomic E-state index is 10.8. The second kappa shape index (κ2) is 3.18. The summed E-state index contributed by atoms with van der Waals surface area (Å²) in [5, 5.41) is 5.96. The molecule has 70 valence electrons. The number of imidazole rings is 1. The van der Waals surface area contributed by atoms with E-state index in [4.69, 9.17) is 0 Å². The van der Waals surface area contributed by atoms with Gasteiger partial charge in [0.2, 0.25) is 5.91 Å². The van der Waals surface area contributed by atoms with E-state index in [9.17, 15) is 4.79 Å². The molecule has 0 saturated heterocycles. The van der Waals surface area contributed by atoms with Gasteiger partial charge >= 0.3 is 0 Å². The lowest BCUT2D eigenvalue weighted by atomic mass is 10.4. The smallest absolute Gasteiger partial charge is 0.222 e. The molecule has 1 aromatic heterocycles. The van der Waals surface area contributed by atoms with Crippen molar-refractivity contribution < 1.29 is 4.79 Å². The molecular formula is C8H12N4O. The van der Waals surface area contributed by atoms with Crippen molar-refractivity contribution in [1.82, 2.24) is 14.9 Å². The van der Waals surface area contributed by atoms with Gasteiger partial charge in [-0.3, -0.25) is 4.79 Å². The molecule has 1 amide bonds. The minimum Gasteiger partial charge on any atom is -0.312 e. The molecule has 13 heavy (non-hydrogen) atoms. The summed E-state index contributed by atoms with van der Waals surface area (Å²) in [6.45, 7) is 4.07. The van der Waals surface area contributed by atoms with Crippen molar-refractivity contribution in [3.8, 4) is 0 Å². The minimum absolute atomic E-state index is 0.0544. The van der Waals surface area contributed by atoms with Crippen LogP contribution in [0.15, 0.2) is 6.20 Å². The number of rotatable bonds is 1. The van der Waals surface area contributed by atoms with E-state index in [-0.39, 0.29) is 5.91 Å². The van der Waals surface area contributed by atoms with Crippen molar-refractivity contribution in [2.45, 2.75) is 20.0 Å². The Bertz CT molecular complexity index is 331. The predicted octanol–water partition coefficient (Wildman–Crippen LogP) is -0.0553. The third-order valence-corrected chi connectivity index (χ3v) is 2.04. The molecule has 0 atom stereocenters. The van der Waals surface area contributed by atoms with Crippen LogP contribution in [0.5, 0.6) is 0 Å². The first-order chi connectivity index (χ1) is 6.27. The molecule has 5 heteroatoms. The molecule has 2 N–H and O–H groups in total. The normalized spacial score (nSPS) is 15.2. The Morgan fingerprint density at radius 2 is 2.62 bits per heavy atom.